The number of hydrogen-bond acceptors (Lipinski definition) is 4. The summed E-state index contributed by atoms with van der Waals surface area (Å²) in [7, 11) is 0. The number of halogens is 1. The summed E-state index contributed by atoms with van der Waals surface area (Å²) in [5.41, 5.74) is 2.40. The fourth-order valence-electron chi connectivity index (χ4n) is 3.71. The van der Waals surface area contributed by atoms with E-state index in [2.05, 4.69) is 11.9 Å². The molecule has 1 aromatic heterocycles. The van der Waals surface area contributed by atoms with E-state index in [1.165, 1.54) is 30.0 Å². The first kappa shape index (κ1) is 23.2. The van der Waals surface area contributed by atoms with Crippen molar-refractivity contribution in [3.05, 3.63) is 95.6 Å². The number of nitrogens with zero attached hydrogens (tertiary/aromatic N) is 3. The van der Waals surface area contributed by atoms with Gasteiger partial charge in [-0.25, -0.2) is 4.39 Å². The summed E-state index contributed by atoms with van der Waals surface area (Å²) >= 11 is 0. The Morgan fingerprint density at radius 2 is 1.76 bits per heavy atom. The van der Waals surface area contributed by atoms with Crippen LogP contribution in [0.1, 0.15) is 28.4 Å². The van der Waals surface area contributed by atoms with Crippen LogP contribution in [0.15, 0.2) is 73.1 Å². The molecule has 1 aliphatic heterocycles. The van der Waals surface area contributed by atoms with Crippen LogP contribution in [-0.2, 0) is 11.2 Å². The third-order valence-corrected chi connectivity index (χ3v) is 5.72. The lowest BCUT2D eigenvalue weighted by molar-refractivity contribution is -0.127. The fourth-order valence-corrected chi connectivity index (χ4v) is 3.71. The van der Waals surface area contributed by atoms with Gasteiger partial charge in [-0.3, -0.25) is 14.6 Å². The molecular weight excluding hydrogens is 433 g/mol. The molecule has 0 N–H and O–H groups in total. The Morgan fingerprint density at radius 3 is 2.41 bits per heavy atom. The molecule has 0 atom stereocenters. The highest BCUT2D eigenvalue weighted by molar-refractivity contribution is 5.95. The van der Waals surface area contributed by atoms with Crippen molar-refractivity contribution >= 4 is 17.9 Å². The van der Waals surface area contributed by atoms with Gasteiger partial charge in [0, 0.05) is 44.0 Å². The molecule has 6 nitrogen and oxygen atoms in total. The number of amides is 2. The molecule has 2 heterocycles. The number of hydrogen-bond donors (Lipinski definition) is 0. The molecule has 1 fully saturated rings. The van der Waals surface area contributed by atoms with E-state index in [1.807, 2.05) is 24.3 Å². The predicted molar refractivity (Wildman–Crippen MR) is 128 cm³/mol. The normalized spacial score (nSPS) is 13.8. The lowest BCUT2D eigenvalue weighted by Gasteiger charge is -2.34. The second kappa shape index (κ2) is 10.7. The molecule has 3 aromatic rings. The van der Waals surface area contributed by atoms with E-state index in [4.69, 9.17) is 4.74 Å². The second-order valence-electron chi connectivity index (χ2n) is 7.98. The number of carbonyl (C=O) groups is 2. The molecule has 2 aromatic carbocycles. The number of ether oxygens (including phenoxy) is 1. The fraction of sp³-hybridized carbons (Fsp3) is 0.222. The van der Waals surface area contributed by atoms with E-state index < -0.39 is 5.82 Å². The summed E-state index contributed by atoms with van der Waals surface area (Å²) in [4.78, 5) is 32.7. The Kier molecular flexibility index (Phi) is 7.32. The Balaban J connectivity index is 1.30. The van der Waals surface area contributed by atoms with Gasteiger partial charge in [-0.1, -0.05) is 25.1 Å². The number of aromatic nitrogens is 1. The predicted octanol–water partition coefficient (Wildman–Crippen LogP) is 4.57. The van der Waals surface area contributed by atoms with Gasteiger partial charge in [0.1, 0.15) is 5.75 Å². The molecule has 174 valence electrons. The van der Waals surface area contributed by atoms with E-state index in [0.717, 1.165) is 6.42 Å². The van der Waals surface area contributed by atoms with Crippen LogP contribution in [-0.4, -0.2) is 52.8 Å². The van der Waals surface area contributed by atoms with Crippen LogP contribution < -0.4 is 4.74 Å². The van der Waals surface area contributed by atoms with Crippen LogP contribution in [0, 0.1) is 5.82 Å². The zero-order chi connectivity index (χ0) is 23.9. The summed E-state index contributed by atoms with van der Waals surface area (Å²) in [6.45, 7) is 3.93. The Morgan fingerprint density at radius 1 is 1.03 bits per heavy atom. The number of piperazine rings is 1. The molecule has 4 rings (SSSR count). The van der Waals surface area contributed by atoms with E-state index >= 15 is 0 Å². The van der Waals surface area contributed by atoms with Gasteiger partial charge >= 0.3 is 0 Å². The average molecular weight is 460 g/mol. The summed E-state index contributed by atoms with van der Waals surface area (Å²) in [6.07, 6.45) is 7.04. The number of aryl methyl sites for hydroxylation is 1. The van der Waals surface area contributed by atoms with Gasteiger partial charge in [0.25, 0.3) is 5.91 Å². The summed E-state index contributed by atoms with van der Waals surface area (Å²) in [6, 6.07) is 15.6. The van der Waals surface area contributed by atoms with Gasteiger partial charge in [-0.15, -0.1) is 0 Å². The van der Waals surface area contributed by atoms with Gasteiger partial charge in [0.2, 0.25) is 5.91 Å². The molecule has 1 aliphatic rings. The molecule has 0 radical (unpaired) electrons. The lowest BCUT2D eigenvalue weighted by Crippen LogP contribution is -2.50. The van der Waals surface area contributed by atoms with E-state index in [1.54, 1.807) is 40.3 Å². The highest BCUT2D eigenvalue weighted by Crippen LogP contribution is 2.25. The first-order valence-corrected chi connectivity index (χ1v) is 11.3. The quantitative estimate of drug-likeness (QED) is 0.507. The van der Waals surface area contributed by atoms with Crippen LogP contribution in [0.2, 0.25) is 0 Å². The minimum atomic E-state index is -0.530. The standard InChI is InChI=1S/C27H26FN3O3/c1-2-20-5-9-22(10-6-20)27(33)31-16-14-30(15-17-31)26(32)12-8-21-7-11-25(24(28)18-21)34-23-4-3-13-29-19-23/h3-13,18-19H,2,14-17H2,1H3/b12-8+. The van der Waals surface area contributed by atoms with Crippen molar-refractivity contribution in [2.45, 2.75) is 13.3 Å². The SMILES string of the molecule is CCc1ccc(C(=O)N2CCN(C(=O)/C=C/c3ccc(Oc4cccnc4)c(F)c3)CC2)cc1. The maximum atomic E-state index is 14.4. The molecule has 0 bridgehead atoms. The van der Waals surface area contributed by atoms with Gasteiger partial charge < -0.3 is 14.5 Å². The maximum Gasteiger partial charge on any atom is 0.253 e. The zero-order valence-electron chi connectivity index (χ0n) is 19.0. The molecule has 0 spiro atoms. The lowest BCUT2D eigenvalue weighted by atomic mass is 10.1. The second-order valence-corrected chi connectivity index (χ2v) is 7.98. The Bertz CT molecular complexity index is 1170. The molecular formula is C27H26FN3O3. The van der Waals surface area contributed by atoms with Crippen molar-refractivity contribution in [3.63, 3.8) is 0 Å². The maximum absolute atomic E-state index is 14.4. The highest BCUT2D eigenvalue weighted by atomic mass is 19.1. The zero-order valence-corrected chi connectivity index (χ0v) is 19.0. The minimum absolute atomic E-state index is 0.0191. The van der Waals surface area contributed by atoms with Crippen LogP contribution in [0.25, 0.3) is 6.08 Å². The topological polar surface area (TPSA) is 62.7 Å². The van der Waals surface area contributed by atoms with Crippen molar-refractivity contribution in [1.29, 1.82) is 0 Å². The molecule has 0 saturated carbocycles. The first-order chi connectivity index (χ1) is 16.5. The summed E-state index contributed by atoms with van der Waals surface area (Å²) in [5, 5.41) is 0. The Labute approximate surface area is 198 Å². The number of benzene rings is 2. The van der Waals surface area contributed by atoms with Gasteiger partial charge in [-0.2, -0.15) is 0 Å². The van der Waals surface area contributed by atoms with Crippen LogP contribution >= 0.6 is 0 Å². The van der Waals surface area contributed by atoms with Gasteiger partial charge in [-0.05, 0) is 60.0 Å². The molecule has 1 saturated heterocycles. The molecule has 34 heavy (non-hydrogen) atoms. The van der Waals surface area contributed by atoms with Crippen molar-refractivity contribution in [3.8, 4) is 11.5 Å². The van der Waals surface area contributed by atoms with Crippen LogP contribution in [0.4, 0.5) is 4.39 Å². The van der Waals surface area contributed by atoms with E-state index in [0.29, 0.717) is 43.1 Å². The molecule has 0 aliphatic carbocycles. The van der Waals surface area contributed by atoms with Crippen molar-refractivity contribution in [2.24, 2.45) is 0 Å². The van der Waals surface area contributed by atoms with Crippen molar-refractivity contribution in [1.82, 2.24) is 14.8 Å². The van der Waals surface area contributed by atoms with Crippen LogP contribution in [0.3, 0.4) is 0 Å². The summed E-state index contributed by atoms with van der Waals surface area (Å²) in [5.74, 6) is -0.195. The highest BCUT2D eigenvalue weighted by Gasteiger charge is 2.23. The van der Waals surface area contributed by atoms with Gasteiger partial charge in [0.05, 0.1) is 6.20 Å². The number of rotatable bonds is 6. The van der Waals surface area contributed by atoms with Crippen molar-refractivity contribution in [2.75, 3.05) is 26.2 Å². The van der Waals surface area contributed by atoms with E-state index in [9.17, 15) is 14.0 Å². The first-order valence-electron chi connectivity index (χ1n) is 11.3. The molecule has 2 amide bonds. The van der Waals surface area contributed by atoms with Crippen LogP contribution in [0.5, 0.6) is 11.5 Å². The number of pyridine rings is 1. The molecule has 0 unspecified atom stereocenters. The third-order valence-electron chi connectivity index (χ3n) is 5.72. The van der Waals surface area contributed by atoms with E-state index in [-0.39, 0.29) is 17.6 Å². The Hall–Kier alpha value is -4.00. The average Bonchev–Trinajstić information content (AvgIpc) is 2.89. The minimum Gasteiger partial charge on any atom is -0.453 e. The smallest absolute Gasteiger partial charge is 0.253 e. The summed E-state index contributed by atoms with van der Waals surface area (Å²) < 4.78 is 19.9. The largest absolute Gasteiger partial charge is 0.453 e. The monoisotopic (exact) mass is 459 g/mol. The van der Waals surface area contributed by atoms with Crippen molar-refractivity contribution < 1.29 is 18.7 Å². The molecule has 7 heteroatoms. The number of carbonyl (C=O) groups excluding carboxylic acids is 2. The van der Waals surface area contributed by atoms with Gasteiger partial charge in [0.15, 0.2) is 11.6 Å². The third kappa shape index (κ3) is 5.67.